The van der Waals surface area contributed by atoms with Gasteiger partial charge in [-0.25, -0.2) is 4.79 Å². The van der Waals surface area contributed by atoms with Crippen molar-refractivity contribution in [1.82, 2.24) is 0 Å². The van der Waals surface area contributed by atoms with E-state index in [9.17, 15) is 19.5 Å². The summed E-state index contributed by atoms with van der Waals surface area (Å²) in [6.07, 6.45) is 68.6. The van der Waals surface area contributed by atoms with Gasteiger partial charge in [0, 0.05) is 19.3 Å². The number of allylic oxidation sites excluding steroid dienone is 26. The molecule has 2 atom stereocenters. The molecule has 1 N–H and O–H groups in total. The predicted octanol–water partition coefficient (Wildman–Crippen LogP) is 13.9. The molecule has 0 aromatic carbocycles. The Labute approximate surface area is 395 Å². The maximum absolute atomic E-state index is 12.8. The number of aliphatic carboxylic acids is 1. The predicted molar refractivity (Wildman–Crippen MR) is 274 cm³/mol. The highest BCUT2D eigenvalue weighted by Crippen LogP contribution is 2.11. The lowest BCUT2D eigenvalue weighted by Crippen LogP contribution is -2.50. The third-order valence-corrected chi connectivity index (χ3v) is 9.62. The van der Waals surface area contributed by atoms with Crippen LogP contribution in [0.5, 0.6) is 0 Å². The van der Waals surface area contributed by atoms with E-state index in [1.165, 1.54) is 0 Å². The summed E-state index contributed by atoms with van der Waals surface area (Å²) in [5.41, 5.74) is 0. The molecule has 0 aromatic rings. The molecule has 0 aromatic heterocycles. The maximum atomic E-state index is 12.8. The fourth-order valence-corrected chi connectivity index (χ4v) is 5.96. The molecule has 0 spiro atoms. The van der Waals surface area contributed by atoms with Gasteiger partial charge < -0.3 is 23.8 Å². The van der Waals surface area contributed by atoms with Crippen molar-refractivity contribution < 1.29 is 38.2 Å². The molecule has 8 heteroatoms. The smallest absolute Gasteiger partial charge is 0.362 e. The first-order chi connectivity index (χ1) is 31.6. The summed E-state index contributed by atoms with van der Waals surface area (Å²) >= 11 is 0. The van der Waals surface area contributed by atoms with Crippen molar-refractivity contribution in [2.45, 2.75) is 142 Å². The Morgan fingerprint density at radius 2 is 0.892 bits per heavy atom. The Hall–Kier alpha value is -5.05. The van der Waals surface area contributed by atoms with Crippen LogP contribution < -0.4 is 0 Å². The van der Waals surface area contributed by atoms with Crippen LogP contribution in [0.3, 0.4) is 0 Å². The Balaban J connectivity index is 4.51. The average molecular weight is 897 g/mol. The van der Waals surface area contributed by atoms with Crippen molar-refractivity contribution in [2.24, 2.45) is 0 Å². The van der Waals surface area contributed by atoms with Crippen LogP contribution in [0, 0.1) is 0 Å². The zero-order valence-electron chi connectivity index (χ0n) is 40.9. The van der Waals surface area contributed by atoms with E-state index in [4.69, 9.17) is 14.2 Å². The molecule has 0 aliphatic rings. The highest BCUT2D eigenvalue weighted by atomic mass is 16.6. The van der Waals surface area contributed by atoms with Crippen molar-refractivity contribution in [3.8, 4) is 0 Å². The molecule has 0 radical (unpaired) electrons. The van der Waals surface area contributed by atoms with E-state index in [0.717, 1.165) is 89.9 Å². The summed E-state index contributed by atoms with van der Waals surface area (Å²) in [5, 5.41) is 9.65. The molecule has 0 fully saturated rings. The molecule has 8 nitrogen and oxygen atoms in total. The average Bonchev–Trinajstić information content (AvgIpc) is 3.27. The monoisotopic (exact) mass is 897 g/mol. The van der Waals surface area contributed by atoms with Gasteiger partial charge in [0.1, 0.15) is 6.61 Å². The molecule has 65 heavy (non-hydrogen) atoms. The molecule has 0 heterocycles. The second kappa shape index (κ2) is 45.5. The fourth-order valence-electron chi connectivity index (χ4n) is 5.96. The van der Waals surface area contributed by atoms with Crippen LogP contribution in [-0.2, 0) is 28.6 Å². The minimum Gasteiger partial charge on any atom is -0.477 e. The first-order valence-corrected chi connectivity index (χ1v) is 24.1. The summed E-state index contributed by atoms with van der Waals surface area (Å²) < 4.78 is 17.2. The summed E-state index contributed by atoms with van der Waals surface area (Å²) in [5.74, 6) is -1.60. The Kier molecular flexibility index (Phi) is 42.0. The maximum Gasteiger partial charge on any atom is 0.362 e. The summed E-state index contributed by atoms with van der Waals surface area (Å²) in [4.78, 5) is 37.1. The number of hydrogen-bond acceptors (Lipinski definition) is 6. The summed E-state index contributed by atoms with van der Waals surface area (Å²) in [7, 11) is 5.48. The molecule has 0 saturated carbocycles. The molecule has 0 amide bonds. The lowest BCUT2D eigenvalue weighted by Gasteiger charge is -2.31. The van der Waals surface area contributed by atoms with E-state index in [-0.39, 0.29) is 42.7 Å². The topological polar surface area (TPSA) is 99.1 Å². The van der Waals surface area contributed by atoms with Crippen molar-refractivity contribution in [3.63, 3.8) is 0 Å². The highest BCUT2D eigenvalue weighted by molar-refractivity contribution is 5.72. The van der Waals surface area contributed by atoms with Crippen molar-refractivity contribution in [1.29, 1.82) is 0 Å². The summed E-state index contributed by atoms with van der Waals surface area (Å²) in [6.45, 7) is 4.35. The van der Waals surface area contributed by atoms with Crippen molar-refractivity contribution in [2.75, 3.05) is 41.0 Å². The number of ether oxygens (including phenoxy) is 3. The van der Waals surface area contributed by atoms with Crippen molar-refractivity contribution in [3.05, 3.63) is 158 Å². The minimum atomic E-state index is -0.897. The number of hydrogen-bond donors (Lipinski definition) is 1. The van der Waals surface area contributed by atoms with Crippen LogP contribution in [-0.4, -0.2) is 80.6 Å². The van der Waals surface area contributed by atoms with Gasteiger partial charge in [-0.1, -0.05) is 185 Å². The van der Waals surface area contributed by atoms with Gasteiger partial charge in [0.25, 0.3) is 0 Å². The first kappa shape index (κ1) is 60.0. The lowest BCUT2D eigenvalue weighted by atomic mass is 10.1. The number of unbranched alkanes of at least 4 members (excludes halogenated alkanes) is 6. The normalized spacial score (nSPS) is 14.3. The Morgan fingerprint density at radius 1 is 0.477 bits per heavy atom. The van der Waals surface area contributed by atoms with Gasteiger partial charge in [0.15, 0.2) is 12.1 Å². The molecule has 0 rings (SSSR count). The third kappa shape index (κ3) is 44.0. The first-order valence-electron chi connectivity index (χ1n) is 24.1. The molecule has 2 unspecified atom stereocenters. The van der Waals surface area contributed by atoms with Crippen LogP contribution in [0.1, 0.15) is 129 Å². The number of carboxylic acids is 1. The quantitative estimate of drug-likeness (QED) is 0.0215. The largest absolute Gasteiger partial charge is 0.477 e. The van der Waals surface area contributed by atoms with Crippen LogP contribution in [0.15, 0.2) is 158 Å². The van der Waals surface area contributed by atoms with Crippen LogP contribution in [0.4, 0.5) is 0 Å². The molecular formula is C57H86NO7+. The number of quaternary nitrogens is 1. The van der Waals surface area contributed by atoms with E-state index in [1.807, 2.05) is 94.1 Å². The van der Waals surface area contributed by atoms with E-state index < -0.39 is 18.1 Å². The van der Waals surface area contributed by atoms with Gasteiger partial charge >= 0.3 is 17.9 Å². The van der Waals surface area contributed by atoms with Gasteiger partial charge in [-0.2, -0.15) is 0 Å². The van der Waals surface area contributed by atoms with Gasteiger partial charge in [-0.05, 0) is 83.5 Å². The second-order valence-corrected chi connectivity index (χ2v) is 16.4. The zero-order valence-corrected chi connectivity index (χ0v) is 40.9. The van der Waals surface area contributed by atoms with Gasteiger partial charge in [0.2, 0.25) is 0 Å². The lowest BCUT2D eigenvalue weighted by molar-refractivity contribution is -0.887. The molecule has 0 aliphatic carbocycles. The number of carbonyl (C=O) groups is 3. The van der Waals surface area contributed by atoms with Gasteiger partial charge in [-0.3, -0.25) is 9.59 Å². The van der Waals surface area contributed by atoms with Gasteiger partial charge in [-0.15, -0.1) is 0 Å². The second-order valence-electron chi connectivity index (χ2n) is 16.4. The van der Waals surface area contributed by atoms with Crippen LogP contribution in [0.2, 0.25) is 0 Å². The number of carboxylic acid groups (broad SMARTS) is 1. The van der Waals surface area contributed by atoms with E-state index in [1.54, 1.807) is 0 Å². The van der Waals surface area contributed by atoms with Gasteiger partial charge in [0.05, 0.1) is 34.4 Å². The molecule has 0 bridgehead atoms. The van der Waals surface area contributed by atoms with E-state index >= 15 is 0 Å². The van der Waals surface area contributed by atoms with Crippen LogP contribution >= 0.6 is 0 Å². The fraction of sp³-hybridized carbons (Fsp3) is 0.491. The minimum absolute atomic E-state index is 0.0179. The molecular weight excluding hydrogens is 811 g/mol. The Morgan fingerprint density at radius 3 is 1.35 bits per heavy atom. The number of carbonyl (C=O) groups excluding carboxylic acids is 2. The van der Waals surface area contributed by atoms with Crippen LogP contribution in [0.25, 0.3) is 0 Å². The van der Waals surface area contributed by atoms with E-state index in [2.05, 4.69) is 98.9 Å². The summed E-state index contributed by atoms with van der Waals surface area (Å²) in [6, 6.07) is -0.641. The zero-order chi connectivity index (χ0) is 47.7. The number of likely N-dealkylation sites (N-methyl/N-ethyl adjacent to an activating group) is 1. The standard InChI is InChI=1S/C57H85NO7/c1-6-8-10-12-14-16-18-20-22-24-26-27-28-30-31-33-35-37-39-41-43-45-47-55(59)64-52-53(51-63-50-49-54(57(61)62)58(3,4)5)65-56(60)48-46-44-42-40-38-36-34-32-29-25-23-21-19-17-15-13-11-9-7-2/h8-11,13-17,19-23,25-27,29-32,34-38,53-54H,6-7,12,18,24,28,33,39-52H2,1-5H3/p+1/b10-8+,11-9+,15-13+,16-14+,19-17+,22-20+,23-21+,27-26+,29-25+,31-30+,34-32+,37-35+,38-36+. The molecule has 0 aliphatic heterocycles. The number of esters is 2. The number of rotatable bonds is 40. The SMILES string of the molecule is CC/C=C/C=C/C=C/C=C/C=C/C=C/C=C/CCCCCC(=O)OC(COCCC(C(=O)O)[N+](C)(C)C)COC(=O)CCCCC/C=C/C/C=C/C/C=C/C/C=C/C/C=C/C/C=C/CC. The van der Waals surface area contributed by atoms with Crippen molar-refractivity contribution >= 4 is 17.9 Å². The Bertz CT molecular complexity index is 1610. The highest BCUT2D eigenvalue weighted by Gasteiger charge is 2.31. The molecule has 0 saturated heterocycles. The van der Waals surface area contributed by atoms with E-state index in [0.29, 0.717) is 19.3 Å². The molecule has 360 valence electrons. The number of nitrogens with zero attached hydrogens (tertiary/aromatic N) is 1. The third-order valence-electron chi connectivity index (χ3n) is 9.62.